The monoisotopic (exact) mass is 795 g/mol. The third-order valence-electron chi connectivity index (χ3n) is 13.7. The second-order valence-electron chi connectivity index (χ2n) is 21.3. The fourth-order valence-electron chi connectivity index (χ4n) is 9.35. The van der Waals surface area contributed by atoms with Gasteiger partial charge in [-0.05, 0) is 77.3 Å². The molecule has 0 radical (unpaired) electrons. The van der Waals surface area contributed by atoms with Gasteiger partial charge in [0.05, 0.1) is 0 Å². The molecule has 0 aromatic rings. The Morgan fingerprint density at radius 2 is 0.556 bits per heavy atom. The minimum atomic E-state index is 0.482. The molecule has 0 N–H and O–H groups in total. The van der Waals surface area contributed by atoms with E-state index < -0.39 is 0 Å². The summed E-state index contributed by atoms with van der Waals surface area (Å²) in [7, 11) is 0. The summed E-state index contributed by atoms with van der Waals surface area (Å²) in [5, 5.41) is 0.482. The summed E-state index contributed by atoms with van der Waals surface area (Å²) in [4.78, 5) is 0. The maximum Gasteiger partial charge on any atom is 0.00758 e. The third-order valence-corrected chi connectivity index (χ3v) is 15.2. The van der Waals surface area contributed by atoms with E-state index in [4.69, 9.17) is 25.3 Å². The van der Waals surface area contributed by atoms with Gasteiger partial charge >= 0.3 is 0 Å². The first-order chi connectivity index (χ1) is 25.6. The van der Waals surface area contributed by atoms with Gasteiger partial charge in [0.1, 0.15) is 0 Å². The van der Waals surface area contributed by atoms with Crippen molar-refractivity contribution in [3.63, 3.8) is 0 Å². The maximum absolute atomic E-state index is 5.03. The largest absolute Gasteiger partial charge is 0.179 e. The van der Waals surface area contributed by atoms with Crippen LogP contribution < -0.4 is 0 Å². The number of hydrogen-bond acceptors (Lipinski definition) is 2. The van der Waals surface area contributed by atoms with E-state index in [2.05, 4.69) is 83.1 Å². The standard InChI is InChI=1S/C52H106S2/c1-41(2)22-15-25-45(8)28-18-31-47(10)30-17-27-44(7)24-13-14-36-50(38-39-51(40-53)52(54)43(5)6)37-21-35-49(12)34-20-33-48(11)32-19-29-46(9)26-16-23-42(3)4/h41-54H,13-40H2,1-12H3. The molecule has 0 aromatic heterocycles. The van der Waals surface area contributed by atoms with Crippen molar-refractivity contribution in [1.29, 1.82) is 0 Å². The van der Waals surface area contributed by atoms with Crippen molar-refractivity contribution in [2.75, 3.05) is 5.75 Å². The highest BCUT2D eigenvalue weighted by Crippen LogP contribution is 2.32. The van der Waals surface area contributed by atoms with Gasteiger partial charge in [-0.15, -0.1) is 0 Å². The molecule has 0 aliphatic heterocycles. The molecule has 0 rings (SSSR count). The lowest BCUT2D eigenvalue weighted by Gasteiger charge is -2.27. The summed E-state index contributed by atoms with van der Waals surface area (Å²) >= 11 is 9.82. The average Bonchev–Trinajstić information content (AvgIpc) is 3.09. The van der Waals surface area contributed by atoms with Gasteiger partial charge in [0.15, 0.2) is 0 Å². The lowest BCUT2D eigenvalue weighted by molar-refractivity contribution is 0.316. The van der Waals surface area contributed by atoms with E-state index >= 15 is 0 Å². The first-order valence-electron chi connectivity index (χ1n) is 24.9. The quantitative estimate of drug-likeness (QED) is 0.0449. The highest BCUT2D eigenvalue weighted by molar-refractivity contribution is 7.81. The Bertz CT molecular complexity index is 774. The predicted octanol–water partition coefficient (Wildman–Crippen LogP) is 18.8. The van der Waals surface area contributed by atoms with Crippen molar-refractivity contribution in [3.05, 3.63) is 0 Å². The van der Waals surface area contributed by atoms with Gasteiger partial charge in [-0.3, -0.25) is 0 Å². The van der Waals surface area contributed by atoms with Crippen molar-refractivity contribution in [1.82, 2.24) is 0 Å². The molecule has 0 nitrogen and oxygen atoms in total. The Kier molecular flexibility index (Phi) is 36.1. The van der Waals surface area contributed by atoms with Crippen LogP contribution in [0.3, 0.4) is 0 Å². The molecule has 0 aliphatic rings. The van der Waals surface area contributed by atoms with Crippen molar-refractivity contribution < 1.29 is 0 Å². The van der Waals surface area contributed by atoms with Crippen LogP contribution >= 0.6 is 25.3 Å². The van der Waals surface area contributed by atoms with E-state index in [1.54, 1.807) is 0 Å². The summed E-state index contributed by atoms with van der Waals surface area (Å²) in [6.45, 7) is 29.2. The summed E-state index contributed by atoms with van der Waals surface area (Å²) in [6.07, 6.45) is 38.6. The van der Waals surface area contributed by atoms with Crippen LogP contribution in [-0.2, 0) is 0 Å². The van der Waals surface area contributed by atoms with Crippen LogP contribution in [0.5, 0.6) is 0 Å². The highest BCUT2D eigenvalue weighted by atomic mass is 32.1. The summed E-state index contributed by atoms with van der Waals surface area (Å²) in [5.41, 5.74) is 0. The topological polar surface area (TPSA) is 0 Å². The van der Waals surface area contributed by atoms with Gasteiger partial charge < -0.3 is 0 Å². The van der Waals surface area contributed by atoms with Crippen molar-refractivity contribution in [3.8, 4) is 0 Å². The third kappa shape index (κ3) is 33.6. The minimum Gasteiger partial charge on any atom is -0.179 e. The van der Waals surface area contributed by atoms with Gasteiger partial charge in [0.25, 0.3) is 0 Å². The predicted molar refractivity (Wildman–Crippen MR) is 258 cm³/mol. The zero-order valence-electron chi connectivity index (χ0n) is 39.6. The SMILES string of the molecule is CC(C)CCCC(C)CCCC(C)CCCC(C)CCCCC(CCCC(C)CCCC(C)CCCC(C)CCCC(C)C)CCC(CS)C(S)C(C)C. The smallest absolute Gasteiger partial charge is 0.00758 e. The molecule has 0 aromatic carbocycles. The molecule has 9 atom stereocenters. The van der Waals surface area contributed by atoms with E-state index in [1.807, 2.05) is 0 Å². The Morgan fingerprint density at radius 1 is 0.296 bits per heavy atom. The Balaban J connectivity index is 4.46. The van der Waals surface area contributed by atoms with Gasteiger partial charge in [0, 0.05) is 5.25 Å². The molecule has 0 aliphatic carbocycles. The van der Waals surface area contributed by atoms with Crippen LogP contribution in [0.15, 0.2) is 0 Å². The van der Waals surface area contributed by atoms with E-state index in [0.717, 1.165) is 59.0 Å². The number of unbranched alkanes of at least 4 members (excludes halogenated alkanes) is 1. The maximum atomic E-state index is 5.03. The number of thiol groups is 2. The first-order valence-corrected chi connectivity index (χ1v) is 26.1. The molecule has 0 saturated heterocycles. The highest BCUT2D eigenvalue weighted by Gasteiger charge is 2.22. The first kappa shape index (κ1) is 54.7. The molecule has 2 heteroatoms. The van der Waals surface area contributed by atoms with Crippen LogP contribution in [0.25, 0.3) is 0 Å². The van der Waals surface area contributed by atoms with E-state index in [0.29, 0.717) is 17.1 Å². The number of rotatable bonds is 39. The normalized spacial score (nSPS) is 17.5. The molecule has 0 bridgehead atoms. The lowest BCUT2D eigenvalue weighted by atomic mass is 9.84. The van der Waals surface area contributed by atoms with Gasteiger partial charge in [0.2, 0.25) is 0 Å². The van der Waals surface area contributed by atoms with E-state index in [-0.39, 0.29) is 0 Å². The fraction of sp³-hybridized carbons (Fsp3) is 1.00. The van der Waals surface area contributed by atoms with Gasteiger partial charge in [-0.1, -0.05) is 250 Å². The Morgan fingerprint density at radius 3 is 0.852 bits per heavy atom. The Labute approximate surface area is 356 Å². The Hall–Kier alpha value is 0.700. The molecule has 0 amide bonds. The second kappa shape index (κ2) is 35.6. The molecule has 9 unspecified atom stereocenters. The van der Waals surface area contributed by atoms with E-state index in [1.165, 1.54) is 173 Å². The molecule has 0 heterocycles. The molecular weight excluding hydrogens is 689 g/mol. The zero-order chi connectivity index (χ0) is 40.7. The molecular formula is C52H106S2. The van der Waals surface area contributed by atoms with Crippen LogP contribution in [-0.4, -0.2) is 11.0 Å². The summed E-state index contributed by atoms with van der Waals surface area (Å²) in [5.74, 6) is 10.3. The van der Waals surface area contributed by atoms with Crippen molar-refractivity contribution in [2.45, 2.75) is 262 Å². The van der Waals surface area contributed by atoms with Gasteiger partial charge in [-0.25, -0.2) is 0 Å². The van der Waals surface area contributed by atoms with Crippen molar-refractivity contribution >= 4 is 25.3 Å². The minimum absolute atomic E-state index is 0.482. The van der Waals surface area contributed by atoms with Gasteiger partial charge in [-0.2, -0.15) is 25.3 Å². The number of hydrogen-bond donors (Lipinski definition) is 2. The van der Waals surface area contributed by atoms with Crippen LogP contribution in [0.4, 0.5) is 0 Å². The van der Waals surface area contributed by atoms with Crippen LogP contribution in [0.1, 0.15) is 256 Å². The second-order valence-corrected chi connectivity index (χ2v) is 22.3. The molecule has 0 fully saturated rings. The van der Waals surface area contributed by atoms with Crippen molar-refractivity contribution in [2.24, 2.45) is 65.1 Å². The summed E-state index contributed by atoms with van der Waals surface area (Å²) in [6, 6.07) is 0. The molecule has 0 saturated carbocycles. The lowest BCUT2D eigenvalue weighted by Crippen LogP contribution is -2.23. The molecule has 54 heavy (non-hydrogen) atoms. The summed E-state index contributed by atoms with van der Waals surface area (Å²) < 4.78 is 0. The van der Waals surface area contributed by atoms with E-state index in [9.17, 15) is 0 Å². The van der Waals surface area contributed by atoms with Crippen LogP contribution in [0, 0.1) is 65.1 Å². The molecule has 0 spiro atoms. The zero-order valence-corrected chi connectivity index (χ0v) is 41.4. The molecule has 326 valence electrons. The van der Waals surface area contributed by atoms with Crippen LogP contribution in [0.2, 0.25) is 0 Å². The average molecular weight is 796 g/mol. The fourth-order valence-corrected chi connectivity index (χ4v) is 10.2.